The van der Waals surface area contributed by atoms with E-state index in [0.29, 0.717) is 18.5 Å². The zero-order chi connectivity index (χ0) is 10.6. The van der Waals surface area contributed by atoms with Crippen molar-refractivity contribution in [1.29, 1.82) is 0 Å². The van der Waals surface area contributed by atoms with Crippen LogP contribution in [-0.4, -0.2) is 13.2 Å². The Morgan fingerprint density at radius 2 is 2.14 bits per heavy atom. The average molecular weight is 222 g/mol. The molecule has 0 radical (unpaired) electrons. The maximum Gasteiger partial charge on any atom is 0.387 e. The monoisotopic (exact) mass is 221 g/mol. The molecule has 0 heterocycles. The van der Waals surface area contributed by atoms with E-state index in [1.807, 2.05) is 0 Å². The van der Waals surface area contributed by atoms with E-state index in [0.717, 1.165) is 0 Å². The van der Waals surface area contributed by atoms with Crippen molar-refractivity contribution in [2.75, 3.05) is 6.54 Å². The Balaban J connectivity index is 2.96. The van der Waals surface area contributed by atoms with E-state index in [1.165, 1.54) is 6.07 Å². The fourth-order valence-electron chi connectivity index (χ4n) is 1.13. The lowest BCUT2D eigenvalue weighted by atomic mass is 10.1. The minimum Gasteiger partial charge on any atom is -0.433 e. The molecule has 1 rings (SSSR count). The van der Waals surface area contributed by atoms with Gasteiger partial charge in [0.05, 0.1) is 5.02 Å². The zero-order valence-corrected chi connectivity index (χ0v) is 8.10. The third-order valence-corrected chi connectivity index (χ3v) is 1.97. The van der Waals surface area contributed by atoms with Crippen LogP contribution in [0.25, 0.3) is 0 Å². The highest BCUT2D eigenvalue weighted by Crippen LogP contribution is 2.30. The van der Waals surface area contributed by atoms with Crippen molar-refractivity contribution in [1.82, 2.24) is 0 Å². The molecule has 1 aromatic rings. The molecule has 0 aromatic heterocycles. The number of rotatable bonds is 4. The average Bonchev–Trinajstić information content (AvgIpc) is 2.11. The van der Waals surface area contributed by atoms with Gasteiger partial charge in [-0.3, -0.25) is 0 Å². The molecule has 0 aliphatic rings. The standard InChI is InChI=1S/C9H10ClF2NO/c10-7-3-1-2-6(4-5-13)8(7)14-9(11)12/h1-3,9H,4-5,13H2. The van der Waals surface area contributed by atoms with Crippen LogP contribution >= 0.6 is 11.6 Å². The lowest BCUT2D eigenvalue weighted by molar-refractivity contribution is -0.0503. The van der Waals surface area contributed by atoms with Gasteiger partial charge in [0.1, 0.15) is 5.75 Å². The van der Waals surface area contributed by atoms with E-state index in [4.69, 9.17) is 17.3 Å². The quantitative estimate of drug-likeness (QED) is 0.848. The number of ether oxygens (including phenoxy) is 1. The molecule has 78 valence electrons. The van der Waals surface area contributed by atoms with Crippen molar-refractivity contribution in [3.63, 3.8) is 0 Å². The van der Waals surface area contributed by atoms with Crippen LogP contribution in [0, 0.1) is 0 Å². The number of hydrogen-bond donors (Lipinski definition) is 1. The van der Waals surface area contributed by atoms with E-state index < -0.39 is 6.61 Å². The number of para-hydroxylation sites is 1. The third kappa shape index (κ3) is 2.82. The molecule has 0 fully saturated rings. The minimum atomic E-state index is -2.87. The van der Waals surface area contributed by atoms with Crippen LogP contribution in [0.3, 0.4) is 0 Å². The number of halogens is 3. The fourth-order valence-corrected chi connectivity index (χ4v) is 1.37. The molecular formula is C9H10ClF2NO. The highest BCUT2D eigenvalue weighted by molar-refractivity contribution is 6.32. The first-order valence-electron chi connectivity index (χ1n) is 4.07. The fraction of sp³-hybridized carbons (Fsp3) is 0.333. The van der Waals surface area contributed by atoms with Crippen molar-refractivity contribution >= 4 is 11.6 Å². The van der Waals surface area contributed by atoms with Crippen molar-refractivity contribution in [3.8, 4) is 5.75 Å². The van der Waals surface area contributed by atoms with Crippen LogP contribution in [0.5, 0.6) is 5.75 Å². The molecular weight excluding hydrogens is 212 g/mol. The van der Waals surface area contributed by atoms with Gasteiger partial charge in [0.15, 0.2) is 0 Å². The molecule has 0 spiro atoms. The summed E-state index contributed by atoms with van der Waals surface area (Å²) in [5, 5.41) is 0.177. The van der Waals surface area contributed by atoms with Gasteiger partial charge in [-0.25, -0.2) is 0 Å². The van der Waals surface area contributed by atoms with Gasteiger partial charge in [-0.1, -0.05) is 23.7 Å². The first-order valence-corrected chi connectivity index (χ1v) is 4.45. The molecule has 0 saturated heterocycles. The Morgan fingerprint density at radius 3 is 2.71 bits per heavy atom. The Morgan fingerprint density at radius 1 is 1.43 bits per heavy atom. The Hall–Kier alpha value is -0.870. The number of benzene rings is 1. The number of nitrogens with two attached hydrogens (primary N) is 1. The van der Waals surface area contributed by atoms with Gasteiger partial charge >= 0.3 is 6.61 Å². The molecule has 0 amide bonds. The molecule has 5 heteroatoms. The van der Waals surface area contributed by atoms with Gasteiger partial charge in [0, 0.05) is 0 Å². The molecule has 0 saturated carbocycles. The summed E-state index contributed by atoms with van der Waals surface area (Å²) in [6.45, 7) is -2.51. The Kier molecular flexibility index (Phi) is 4.10. The molecule has 0 atom stereocenters. The second kappa shape index (κ2) is 5.12. The molecule has 0 aliphatic carbocycles. The van der Waals surface area contributed by atoms with E-state index in [9.17, 15) is 8.78 Å². The zero-order valence-electron chi connectivity index (χ0n) is 7.34. The SMILES string of the molecule is NCCc1cccc(Cl)c1OC(F)F. The molecule has 14 heavy (non-hydrogen) atoms. The molecule has 0 aliphatic heterocycles. The van der Waals surface area contributed by atoms with Gasteiger partial charge in [-0.15, -0.1) is 0 Å². The van der Waals surface area contributed by atoms with E-state index in [1.54, 1.807) is 12.1 Å². The molecule has 0 bridgehead atoms. The van der Waals surface area contributed by atoms with Crippen LogP contribution < -0.4 is 10.5 Å². The summed E-state index contributed by atoms with van der Waals surface area (Å²) in [5.41, 5.74) is 5.92. The van der Waals surface area contributed by atoms with Crippen molar-refractivity contribution in [2.24, 2.45) is 5.73 Å². The highest BCUT2D eigenvalue weighted by atomic mass is 35.5. The lowest BCUT2D eigenvalue weighted by Crippen LogP contribution is -2.08. The summed E-state index contributed by atoms with van der Waals surface area (Å²) in [7, 11) is 0. The largest absolute Gasteiger partial charge is 0.433 e. The lowest BCUT2D eigenvalue weighted by Gasteiger charge is -2.11. The second-order valence-corrected chi connectivity index (χ2v) is 3.05. The Labute approximate surface area is 85.6 Å². The van der Waals surface area contributed by atoms with Gasteiger partial charge < -0.3 is 10.5 Å². The first kappa shape index (κ1) is 11.2. The van der Waals surface area contributed by atoms with Gasteiger partial charge in [-0.2, -0.15) is 8.78 Å². The van der Waals surface area contributed by atoms with Gasteiger partial charge in [-0.05, 0) is 24.6 Å². The summed E-state index contributed by atoms with van der Waals surface area (Å²) < 4.78 is 28.3. The van der Waals surface area contributed by atoms with Crippen molar-refractivity contribution < 1.29 is 13.5 Å². The topological polar surface area (TPSA) is 35.2 Å². The molecule has 2 nitrogen and oxygen atoms in total. The molecule has 0 unspecified atom stereocenters. The summed E-state index contributed by atoms with van der Waals surface area (Å²) in [5.74, 6) is 0.0228. The highest BCUT2D eigenvalue weighted by Gasteiger charge is 2.12. The normalized spacial score (nSPS) is 10.6. The summed E-state index contributed by atoms with van der Waals surface area (Å²) in [6, 6.07) is 4.83. The van der Waals surface area contributed by atoms with Crippen molar-refractivity contribution in [2.45, 2.75) is 13.0 Å². The predicted octanol–water partition coefficient (Wildman–Crippen LogP) is 2.44. The van der Waals surface area contributed by atoms with E-state index >= 15 is 0 Å². The first-order chi connectivity index (χ1) is 6.65. The van der Waals surface area contributed by atoms with Crippen LogP contribution in [0.1, 0.15) is 5.56 Å². The van der Waals surface area contributed by atoms with Gasteiger partial charge in [0.2, 0.25) is 0 Å². The maximum atomic E-state index is 12.0. The molecule has 1 aromatic carbocycles. The van der Waals surface area contributed by atoms with Crippen LogP contribution in [0.4, 0.5) is 8.78 Å². The predicted molar refractivity (Wildman–Crippen MR) is 50.8 cm³/mol. The summed E-state index contributed by atoms with van der Waals surface area (Å²) in [4.78, 5) is 0. The third-order valence-electron chi connectivity index (χ3n) is 1.67. The molecule has 2 N–H and O–H groups in total. The smallest absolute Gasteiger partial charge is 0.387 e. The van der Waals surface area contributed by atoms with Gasteiger partial charge in [0.25, 0.3) is 0 Å². The van der Waals surface area contributed by atoms with Crippen LogP contribution in [0.2, 0.25) is 5.02 Å². The second-order valence-electron chi connectivity index (χ2n) is 2.65. The van der Waals surface area contributed by atoms with Crippen LogP contribution in [-0.2, 0) is 6.42 Å². The number of hydrogen-bond acceptors (Lipinski definition) is 2. The maximum absolute atomic E-state index is 12.0. The van der Waals surface area contributed by atoms with E-state index in [2.05, 4.69) is 4.74 Å². The summed E-state index contributed by atoms with van der Waals surface area (Å²) in [6.07, 6.45) is 0.461. The minimum absolute atomic E-state index is 0.0228. The van der Waals surface area contributed by atoms with E-state index in [-0.39, 0.29) is 10.8 Å². The van der Waals surface area contributed by atoms with Crippen LogP contribution in [0.15, 0.2) is 18.2 Å². The summed E-state index contributed by atoms with van der Waals surface area (Å²) >= 11 is 5.71. The number of alkyl halides is 2. The Bertz CT molecular complexity index is 307. The van der Waals surface area contributed by atoms with Crippen molar-refractivity contribution in [3.05, 3.63) is 28.8 Å².